The van der Waals surface area contributed by atoms with E-state index >= 15 is 0 Å². The molecule has 2 nitrogen and oxygen atoms in total. The van der Waals surface area contributed by atoms with Gasteiger partial charge >= 0.3 is 0 Å². The second-order valence-electron chi connectivity index (χ2n) is 5.46. The zero-order valence-corrected chi connectivity index (χ0v) is 10.5. The summed E-state index contributed by atoms with van der Waals surface area (Å²) in [5, 5.41) is 19.7. The molecule has 1 fully saturated rings. The van der Waals surface area contributed by atoms with E-state index in [1.807, 2.05) is 6.07 Å². The molecule has 0 aliphatic heterocycles. The Morgan fingerprint density at radius 1 is 1.24 bits per heavy atom. The summed E-state index contributed by atoms with van der Waals surface area (Å²) in [4.78, 5) is 0. The van der Waals surface area contributed by atoms with E-state index in [9.17, 15) is 10.2 Å². The maximum Gasteiger partial charge on any atom is 0.0672 e. The highest BCUT2D eigenvalue weighted by Gasteiger charge is 2.34. The molecule has 1 aromatic rings. The standard InChI is InChI=1S/C15H22O2/c1-12(16)11-15(17)9-7-14(8-10-15)13-5-3-2-4-6-13/h2-6,12,14,16-17H,7-11H2,1H3. The summed E-state index contributed by atoms with van der Waals surface area (Å²) in [6, 6.07) is 10.5. The molecule has 1 aliphatic rings. The third-order valence-corrected chi connectivity index (χ3v) is 3.86. The molecule has 1 aromatic carbocycles. The summed E-state index contributed by atoms with van der Waals surface area (Å²) < 4.78 is 0. The molecule has 2 rings (SSSR count). The highest BCUT2D eigenvalue weighted by molar-refractivity contribution is 5.20. The van der Waals surface area contributed by atoms with Gasteiger partial charge < -0.3 is 10.2 Å². The van der Waals surface area contributed by atoms with Crippen LogP contribution in [0.2, 0.25) is 0 Å². The molecule has 2 heteroatoms. The Kier molecular flexibility index (Phi) is 3.85. The third-order valence-electron chi connectivity index (χ3n) is 3.86. The molecule has 1 saturated carbocycles. The van der Waals surface area contributed by atoms with Crippen molar-refractivity contribution in [3.05, 3.63) is 35.9 Å². The topological polar surface area (TPSA) is 40.5 Å². The van der Waals surface area contributed by atoms with Gasteiger partial charge in [-0.25, -0.2) is 0 Å². The fraction of sp³-hybridized carbons (Fsp3) is 0.600. The largest absolute Gasteiger partial charge is 0.393 e. The highest BCUT2D eigenvalue weighted by atomic mass is 16.3. The number of hydrogen-bond donors (Lipinski definition) is 2. The lowest BCUT2D eigenvalue weighted by Crippen LogP contribution is -2.36. The van der Waals surface area contributed by atoms with E-state index in [0.29, 0.717) is 12.3 Å². The van der Waals surface area contributed by atoms with Crippen LogP contribution < -0.4 is 0 Å². The third kappa shape index (κ3) is 3.30. The number of aliphatic hydroxyl groups is 2. The van der Waals surface area contributed by atoms with Crippen molar-refractivity contribution in [2.45, 2.75) is 56.7 Å². The molecule has 1 unspecified atom stereocenters. The Balaban J connectivity index is 1.94. The van der Waals surface area contributed by atoms with Gasteiger partial charge in [-0.15, -0.1) is 0 Å². The van der Waals surface area contributed by atoms with Gasteiger partial charge in [-0.1, -0.05) is 30.3 Å². The van der Waals surface area contributed by atoms with E-state index < -0.39 is 11.7 Å². The molecule has 0 bridgehead atoms. The molecule has 94 valence electrons. The summed E-state index contributed by atoms with van der Waals surface area (Å²) in [7, 11) is 0. The van der Waals surface area contributed by atoms with Crippen molar-refractivity contribution in [3.8, 4) is 0 Å². The quantitative estimate of drug-likeness (QED) is 0.844. The Bertz CT molecular complexity index is 337. The van der Waals surface area contributed by atoms with Gasteiger partial charge in [0, 0.05) is 6.42 Å². The van der Waals surface area contributed by atoms with Crippen molar-refractivity contribution in [1.29, 1.82) is 0 Å². The molecule has 0 saturated heterocycles. The van der Waals surface area contributed by atoms with Gasteiger partial charge in [-0.3, -0.25) is 0 Å². The smallest absolute Gasteiger partial charge is 0.0672 e. The van der Waals surface area contributed by atoms with Crippen LogP contribution in [0.5, 0.6) is 0 Å². The summed E-state index contributed by atoms with van der Waals surface area (Å²) in [6.07, 6.45) is 3.75. The van der Waals surface area contributed by atoms with Crippen molar-refractivity contribution >= 4 is 0 Å². The second kappa shape index (κ2) is 5.19. The van der Waals surface area contributed by atoms with Crippen LogP contribution in [-0.4, -0.2) is 21.9 Å². The monoisotopic (exact) mass is 234 g/mol. The number of aliphatic hydroxyl groups excluding tert-OH is 1. The molecule has 0 heterocycles. The first kappa shape index (κ1) is 12.6. The first-order chi connectivity index (χ1) is 8.09. The molecule has 0 amide bonds. The Labute approximate surface area is 103 Å². The average Bonchev–Trinajstić information content (AvgIpc) is 2.29. The van der Waals surface area contributed by atoms with E-state index in [-0.39, 0.29) is 0 Å². The van der Waals surface area contributed by atoms with Crippen LogP contribution in [0.15, 0.2) is 30.3 Å². The normalized spacial score (nSPS) is 31.1. The minimum atomic E-state index is -0.639. The second-order valence-corrected chi connectivity index (χ2v) is 5.46. The van der Waals surface area contributed by atoms with Gasteiger partial charge in [0.2, 0.25) is 0 Å². The predicted molar refractivity (Wildman–Crippen MR) is 68.9 cm³/mol. The lowest BCUT2D eigenvalue weighted by atomic mass is 9.74. The van der Waals surface area contributed by atoms with Gasteiger partial charge in [-0.2, -0.15) is 0 Å². The maximum absolute atomic E-state index is 10.3. The van der Waals surface area contributed by atoms with Crippen LogP contribution >= 0.6 is 0 Å². The fourth-order valence-electron chi connectivity index (χ4n) is 2.97. The van der Waals surface area contributed by atoms with E-state index in [0.717, 1.165) is 25.7 Å². The minimum Gasteiger partial charge on any atom is -0.393 e. The van der Waals surface area contributed by atoms with Crippen LogP contribution in [0, 0.1) is 0 Å². The minimum absolute atomic E-state index is 0.409. The first-order valence-corrected chi connectivity index (χ1v) is 6.54. The van der Waals surface area contributed by atoms with Gasteiger partial charge in [0.05, 0.1) is 11.7 Å². The molecule has 0 aromatic heterocycles. The van der Waals surface area contributed by atoms with Gasteiger partial charge in [-0.05, 0) is 44.1 Å². The molecule has 1 atom stereocenters. The van der Waals surface area contributed by atoms with Crippen molar-refractivity contribution < 1.29 is 10.2 Å². The summed E-state index contributed by atoms with van der Waals surface area (Å²) in [5.74, 6) is 0.575. The lowest BCUT2D eigenvalue weighted by Gasteiger charge is -2.37. The number of hydrogen-bond acceptors (Lipinski definition) is 2. The van der Waals surface area contributed by atoms with Gasteiger partial charge in [0.15, 0.2) is 0 Å². The molecular formula is C15H22O2. The fourth-order valence-corrected chi connectivity index (χ4v) is 2.97. The summed E-state index contributed by atoms with van der Waals surface area (Å²) in [6.45, 7) is 1.75. The van der Waals surface area contributed by atoms with Crippen LogP contribution in [-0.2, 0) is 0 Å². The zero-order chi connectivity index (χ0) is 12.3. The summed E-state index contributed by atoms with van der Waals surface area (Å²) >= 11 is 0. The maximum atomic E-state index is 10.3. The van der Waals surface area contributed by atoms with Gasteiger partial charge in [0.25, 0.3) is 0 Å². The van der Waals surface area contributed by atoms with Gasteiger partial charge in [0.1, 0.15) is 0 Å². The molecule has 0 radical (unpaired) electrons. The van der Waals surface area contributed by atoms with E-state index in [2.05, 4.69) is 24.3 Å². The summed E-state index contributed by atoms with van der Waals surface area (Å²) in [5.41, 5.74) is 0.742. The lowest BCUT2D eigenvalue weighted by molar-refractivity contribution is -0.0371. The Hall–Kier alpha value is -0.860. The van der Waals surface area contributed by atoms with Crippen LogP contribution in [0.4, 0.5) is 0 Å². The predicted octanol–water partition coefficient (Wildman–Crippen LogP) is 2.85. The van der Waals surface area contributed by atoms with Crippen molar-refractivity contribution in [3.63, 3.8) is 0 Å². The zero-order valence-electron chi connectivity index (χ0n) is 10.5. The number of benzene rings is 1. The van der Waals surface area contributed by atoms with Crippen LogP contribution in [0.1, 0.15) is 50.5 Å². The van der Waals surface area contributed by atoms with Crippen LogP contribution in [0.25, 0.3) is 0 Å². The SMILES string of the molecule is CC(O)CC1(O)CCC(c2ccccc2)CC1. The van der Waals surface area contributed by atoms with Crippen LogP contribution in [0.3, 0.4) is 0 Å². The highest BCUT2D eigenvalue weighted by Crippen LogP contribution is 2.39. The first-order valence-electron chi connectivity index (χ1n) is 6.54. The number of rotatable bonds is 3. The van der Waals surface area contributed by atoms with E-state index in [1.165, 1.54) is 5.56 Å². The average molecular weight is 234 g/mol. The molecule has 17 heavy (non-hydrogen) atoms. The Morgan fingerprint density at radius 3 is 2.35 bits per heavy atom. The van der Waals surface area contributed by atoms with Crippen molar-refractivity contribution in [2.24, 2.45) is 0 Å². The van der Waals surface area contributed by atoms with Crippen molar-refractivity contribution in [2.75, 3.05) is 0 Å². The Morgan fingerprint density at radius 2 is 1.82 bits per heavy atom. The van der Waals surface area contributed by atoms with E-state index in [4.69, 9.17) is 0 Å². The molecule has 1 aliphatic carbocycles. The van der Waals surface area contributed by atoms with Crippen molar-refractivity contribution in [1.82, 2.24) is 0 Å². The molecule has 0 spiro atoms. The van der Waals surface area contributed by atoms with E-state index in [1.54, 1.807) is 6.92 Å². The molecule has 2 N–H and O–H groups in total. The molecular weight excluding hydrogens is 212 g/mol.